The van der Waals surface area contributed by atoms with Gasteiger partial charge in [0.15, 0.2) is 5.65 Å². The lowest BCUT2D eigenvalue weighted by molar-refractivity contribution is -0.139. The van der Waals surface area contributed by atoms with E-state index < -0.39 is 0 Å². The van der Waals surface area contributed by atoms with Gasteiger partial charge in [0.25, 0.3) is 5.91 Å². The van der Waals surface area contributed by atoms with E-state index in [1.165, 1.54) is 4.90 Å². The van der Waals surface area contributed by atoms with Crippen LogP contribution < -0.4 is 0 Å². The molecule has 2 aromatic rings. The van der Waals surface area contributed by atoms with Crippen molar-refractivity contribution < 1.29 is 14.3 Å². The van der Waals surface area contributed by atoms with Crippen molar-refractivity contribution in [1.29, 1.82) is 0 Å². The minimum atomic E-state index is -0.100. The molecule has 0 bridgehead atoms. The Morgan fingerprint density at radius 3 is 2.54 bits per heavy atom. The molecule has 8 heteroatoms. The highest BCUT2D eigenvalue weighted by Crippen LogP contribution is 2.30. The Morgan fingerprint density at radius 2 is 1.86 bits per heavy atom. The topological polar surface area (TPSA) is 80.0 Å². The molecule has 2 amide bonds. The number of piperidine rings is 1. The maximum absolute atomic E-state index is 12.8. The minimum Gasteiger partial charge on any atom is -0.381 e. The molecule has 2 aliphatic rings. The third-order valence-corrected chi connectivity index (χ3v) is 5.86. The van der Waals surface area contributed by atoms with Crippen molar-refractivity contribution in [2.45, 2.75) is 31.6 Å². The number of carbonyl (C=O) groups is 2. The first-order valence-electron chi connectivity index (χ1n) is 9.97. The van der Waals surface area contributed by atoms with E-state index in [0.717, 1.165) is 44.5 Å². The summed E-state index contributed by atoms with van der Waals surface area (Å²) in [5.74, 6) is 0.589. The van der Waals surface area contributed by atoms with Gasteiger partial charge in [0, 0.05) is 64.1 Å². The van der Waals surface area contributed by atoms with Crippen LogP contribution in [0.15, 0.2) is 18.5 Å². The lowest BCUT2D eigenvalue weighted by Gasteiger charge is -2.35. The summed E-state index contributed by atoms with van der Waals surface area (Å²) in [6, 6.07) is 1.98. The molecule has 2 fully saturated rings. The van der Waals surface area contributed by atoms with E-state index in [1.807, 2.05) is 11.0 Å². The van der Waals surface area contributed by atoms with Crippen molar-refractivity contribution in [3.8, 4) is 0 Å². The molecule has 0 saturated carbocycles. The van der Waals surface area contributed by atoms with Crippen LogP contribution in [0.4, 0.5) is 0 Å². The fraction of sp³-hybridized carbons (Fsp3) is 0.600. The molecule has 2 aliphatic heterocycles. The predicted octanol–water partition coefficient (Wildman–Crippen LogP) is 1.56. The van der Waals surface area contributed by atoms with E-state index in [9.17, 15) is 9.59 Å². The summed E-state index contributed by atoms with van der Waals surface area (Å²) in [5, 5.41) is 4.44. The fourth-order valence-corrected chi connectivity index (χ4v) is 4.21. The molecule has 0 radical (unpaired) electrons. The molecule has 150 valence electrons. The Labute approximate surface area is 164 Å². The normalized spacial score (nSPS) is 19.1. The number of fused-ring (bicyclic) bond motifs is 1. The molecule has 0 aromatic carbocycles. The second kappa shape index (κ2) is 7.87. The van der Waals surface area contributed by atoms with E-state index in [-0.39, 0.29) is 17.7 Å². The zero-order valence-electron chi connectivity index (χ0n) is 16.5. The monoisotopic (exact) mass is 385 g/mol. The van der Waals surface area contributed by atoms with E-state index in [0.29, 0.717) is 30.3 Å². The maximum Gasteiger partial charge on any atom is 0.258 e. The summed E-state index contributed by atoms with van der Waals surface area (Å²) in [5.41, 5.74) is 2.16. The molecule has 28 heavy (non-hydrogen) atoms. The van der Waals surface area contributed by atoms with Gasteiger partial charge in [-0.05, 0) is 31.7 Å². The number of rotatable bonds is 3. The summed E-state index contributed by atoms with van der Waals surface area (Å²) in [6.45, 7) is 2.90. The van der Waals surface area contributed by atoms with Crippen LogP contribution in [0.5, 0.6) is 0 Å². The smallest absolute Gasteiger partial charge is 0.258 e. The van der Waals surface area contributed by atoms with Crippen molar-refractivity contribution >= 4 is 17.5 Å². The first-order chi connectivity index (χ1) is 13.6. The number of hydrogen-bond acceptors (Lipinski definition) is 5. The van der Waals surface area contributed by atoms with Crippen LogP contribution in [0.1, 0.15) is 47.7 Å². The van der Waals surface area contributed by atoms with E-state index in [4.69, 9.17) is 4.74 Å². The molecule has 0 unspecified atom stereocenters. The van der Waals surface area contributed by atoms with E-state index in [1.54, 1.807) is 31.0 Å². The number of aromatic nitrogens is 3. The zero-order chi connectivity index (χ0) is 19.7. The highest BCUT2D eigenvalue weighted by molar-refractivity contribution is 5.99. The van der Waals surface area contributed by atoms with Gasteiger partial charge in [-0.2, -0.15) is 5.10 Å². The van der Waals surface area contributed by atoms with Crippen LogP contribution in [0.25, 0.3) is 5.65 Å². The van der Waals surface area contributed by atoms with Gasteiger partial charge in [-0.15, -0.1) is 0 Å². The van der Waals surface area contributed by atoms with Gasteiger partial charge in [-0.25, -0.2) is 9.50 Å². The number of amides is 2. The van der Waals surface area contributed by atoms with Gasteiger partial charge < -0.3 is 14.5 Å². The summed E-state index contributed by atoms with van der Waals surface area (Å²) >= 11 is 0. The maximum atomic E-state index is 12.8. The standard InChI is InChI=1S/C20H27N5O3/c1-23(2)20(27)16-13-22-25-17(3-8-21-18(16)25)14-4-9-24(10-5-14)19(26)15-6-11-28-12-7-15/h3,8,13-15H,4-7,9-12H2,1-2H3. The van der Waals surface area contributed by atoms with Gasteiger partial charge in [-0.3, -0.25) is 9.59 Å². The van der Waals surface area contributed by atoms with Crippen molar-refractivity contribution in [2.24, 2.45) is 5.92 Å². The molecule has 0 aliphatic carbocycles. The number of nitrogens with zero attached hydrogens (tertiary/aromatic N) is 5. The predicted molar refractivity (Wildman–Crippen MR) is 103 cm³/mol. The second-order valence-corrected chi connectivity index (χ2v) is 7.85. The molecule has 0 atom stereocenters. The highest BCUT2D eigenvalue weighted by atomic mass is 16.5. The van der Waals surface area contributed by atoms with Gasteiger partial charge in [0.05, 0.1) is 6.20 Å². The summed E-state index contributed by atoms with van der Waals surface area (Å²) < 4.78 is 7.16. The van der Waals surface area contributed by atoms with Crippen LogP contribution in [-0.2, 0) is 9.53 Å². The zero-order valence-corrected chi connectivity index (χ0v) is 16.5. The summed E-state index contributed by atoms with van der Waals surface area (Å²) in [7, 11) is 3.45. The Kier molecular flexibility index (Phi) is 5.30. The van der Waals surface area contributed by atoms with Crippen molar-refractivity contribution in [2.75, 3.05) is 40.4 Å². The molecule has 2 saturated heterocycles. The first kappa shape index (κ1) is 18.9. The fourth-order valence-electron chi connectivity index (χ4n) is 4.21. The average molecular weight is 385 g/mol. The number of carbonyl (C=O) groups excluding carboxylic acids is 2. The van der Waals surface area contributed by atoms with Crippen LogP contribution in [-0.4, -0.2) is 76.6 Å². The van der Waals surface area contributed by atoms with Gasteiger partial charge in [-0.1, -0.05) is 0 Å². The van der Waals surface area contributed by atoms with E-state index in [2.05, 4.69) is 10.1 Å². The third-order valence-electron chi connectivity index (χ3n) is 5.86. The highest BCUT2D eigenvalue weighted by Gasteiger charge is 2.31. The average Bonchev–Trinajstić information content (AvgIpc) is 3.17. The van der Waals surface area contributed by atoms with Crippen LogP contribution in [0.3, 0.4) is 0 Å². The third kappa shape index (κ3) is 3.48. The Bertz CT molecular complexity index is 864. The lowest BCUT2D eigenvalue weighted by atomic mass is 9.91. The van der Waals surface area contributed by atoms with Crippen molar-refractivity contribution in [3.63, 3.8) is 0 Å². The molecule has 2 aromatic heterocycles. The van der Waals surface area contributed by atoms with Crippen LogP contribution >= 0.6 is 0 Å². The van der Waals surface area contributed by atoms with Crippen LogP contribution in [0.2, 0.25) is 0 Å². The second-order valence-electron chi connectivity index (χ2n) is 7.85. The number of hydrogen-bond donors (Lipinski definition) is 0. The molecule has 4 heterocycles. The summed E-state index contributed by atoms with van der Waals surface area (Å²) in [4.78, 5) is 33.0. The largest absolute Gasteiger partial charge is 0.381 e. The molecule has 0 spiro atoms. The first-order valence-corrected chi connectivity index (χ1v) is 9.97. The summed E-state index contributed by atoms with van der Waals surface area (Å²) in [6.07, 6.45) is 6.80. The van der Waals surface area contributed by atoms with Gasteiger partial charge >= 0.3 is 0 Å². The minimum absolute atomic E-state index is 0.100. The molecule has 4 rings (SSSR count). The number of ether oxygens (including phenoxy) is 1. The van der Waals surface area contributed by atoms with Gasteiger partial charge in [0.2, 0.25) is 5.91 Å². The van der Waals surface area contributed by atoms with E-state index >= 15 is 0 Å². The van der Waals surface area contributed by atoms with Crippen LogP contribution in [0, 0.1) is 5.92 Å². The molecule has 8 nitrogen and oxygen atoms in total. The SMILES string of the molecule is CN(C)C(=O)c1cnn2c(C3CCN(C(=O)C4CCOCC4)CC3)ccnc12. The van der Waals surface area contributed by atoms with Crippen molar-refractivity contribution in [1.82, 2.24) is 24.4 Å². The lowest BCUT2D eigenvalue weighted by Crippen LogP contribution is -2.43. The Morgan fingerprint density at radius 1 is 1.14 bits per heavy atom. The van der Waals surface area contributed by atoms with Gasteiger partial charge in [0.1, 0.15) is 5.56 Å². The van der Waals surface area contributed by atoms with Crippen molar-refractivity contribution in [3.05, 3.63) is 29.7 Å². The molecular formula is C20H27N5O3. The quantitative estimate of drug-likeness (QED) is 0.801. The molecular weight excluding hydrogens is 358 g/mol. The Balaban J connectivity index is 1.48. The number of likely N-dealkylation sites (tertiary alicyclic amines) is 1. The Hall–Kier alpha value is -2.48. The molecule has 0 N–H and O–H groups in total.